The van der Waals surface area contributed by atoms with E-state index < -0.39 is 11.6 Å². The van der Waals surface area contributed by atoms with Gasteiger partial charge < -0.3 is 15.3 Å². The Kier molecular flexibility index (Phi) is 6.22. The number of aromatic amines is 1. The molecule has 10 heteroatoms. The van der Waals surface area contributed by atoms with Crippen molar-refractivity contribution in [3.8, 4) is 28.5 Å². The van der Waals surface area contributed by atoms with Crippen molar-refractivity contribution < 1.29 is 9.90 Å². The second-order valence-electron chi connectivity index (χ2n) is 9.76. The summed E-state index contributed by atoms with van der Waals surface area (Å²) < 4.78 is 2.11. The van der Waals surface area contributed by atoms with Gasteiger partial charge in [0, 0.05) is 31.2 Å². The maximum atomic E-state index is 11.5. The molecule has 1 saturated carbocycles. The van der Waals surface area contributed by atoms with Crippen molar-refractivity contribution >= 4 is 22.9 Å². The van der Waals surface area contributed by atoms with Gasteiger partial charge in [-0.05, 0) is 69.0 Å². The van der Waals surface area contributed by atoms with E-state index in [0.29, 0.717) is 5.82 Å². The number of anilines is 1. The Hall–Kier alpha value is -4.73. The summed E-state index contributed by atoms with van der Waals surface area (Å²) in [5, 5.41) is 20.1. The molecule has 198 valence electrons. The Morgan fingerprint density at radius 2 is 1.92 bits per heavy atom. The van der Waals surface area contributed by atoms with Crippen LogP contribution in [-0.4, -0.2) is 54.0 Å². The van der Waals surface area contributed by atoms with Crippen molar-refractivity contribution in [2.45, 2.75) is 38.6 Å². The summed E-state index contributed by atoms with van der Waals surface area (Å²) in [5.74, 6) is 1.44. The third-order valence-corrected chi connectivity index (χ3v) is 7.62. The van der Waals surface area contributed by atoms with E-state index in [0.717, 1.165) is 77.4 Å². The molecule has 39 heavy (non-hydrogen) atoms. The quantitative estimate of drug-likeness (QED) is 0.250. The van der Waals surface area contributed by atoms with E-state index in [-0.39, 0.29) is 0 Å². The molecule has 4 aromatic heterocycles. The second kappa shape index (κ2) is 9.86. The van der Waals surface area contributed by atoms with Crippen LogP contribution in [0.25, 0.3) is 39.5 Å². The number of rotatable bonds is 8. The first-order valence-electron chi connectivity index (χ1n) is 13.2. The first-order valence-corrected chi connectivity index (χ1v) is 13.2. The maximum Gasteiger partial charge on any atom is 0.405 e. The molecule has 0 aliphatic heterocycles. The van der Waals surface area contributed by atoms with Gasteiger partial charge >= 0.3 is 6.09 Å². The predicted octanol–water partition coefficient (Wildman–Crippen LogP) is 5.37. The van der Waals surface area contributed by atoms with Crippen LogP contribution in [0, 0.1) is 0 Å². The number of H-pyrrole nitrogens is 1. The fourth-order valence-electron chi connectivity index (χ4n) is 5.44. The summed E-state index contributed by atoms with van der Waals surface area (Å²) in [6.07, 6.45) is 6.88. The number of amides is 1. The van der Waals surface area contributed by atoms with Crippen LogP contribution >= 0.6 is 0 Å². The molecular weight excluding hydrogens is 492 g/mol. The van der Waals surface area contributed by atoms with Crippen LogP contribution < -0.4 is 10.2 Å². The van der Waals surface area contributed by atoms with Gasteiger partial charge in [-0.1, -0.05) is 18.2 Å². The number of aromatic nitrogens is 6. The first-order chi connectivity index (χ1) is 19.0. The van der Waals surface area contributed by atoms with E-state index in [1.165, 1.54) is 0 Å². The van der Waals surface area contributed by atoms with Crippen LogP contribution in [0.3, 0.4) is 0 Å². The lowest BCUT2D eigenvalue weighted by Crippen LogP contribution is -2.50. The van der Waals surface area contributed by atoms with Crippen molar-refractivity contribution in [2.75, 3.05) is 18.0 Å². The van der Waals surface area contributed by atoms with Crippen molar-refractivity contribution in [1.82, 2.24) is 35.0 Å². The minimum absolute atomic E-state index is 0.528. The molecule has 3 N–H and O–H groups in total. The van der Waals surface area contributed by atoms with Crippen molar-refractivity contribution in [2.24, 2.45) is 0 Å². The van der Waals surface area contributed by atoms with Gasteiger partial charge in [-0.15, -0.1) is 0 Å². The van der Waals surface area contributed by atoms with Gasteiger partial charge in [-0.3, -0.25) is 14.6 Å². The summed E-state index contributed by atoms with van der Waals surface area (Å²) >= 11 is 0. The van der Waals surface area contributed by atoms with E-state index in [1.807, 2.05) is 42.5 Å². The lowest BCUT2D eigenvalue weighted by molar-refractivity contribution is 0.144. The fourth-order valence-corrected chi connectivity index (χ4v) is 5.44. The lowest BCUT2D eigenvalue weighted by atomic mass is 9.72. The van der Waals surface area contributed by atoms with E-state index in [1.54, 1.807) is 18.6 Å². The number of carbonyl (C=O) groups is 1. The van der Waals surface area contributed by atoms with Crippen LogP contribution in [0.4, 0.5) is 10.6 Å². The Morgan fingerprint density at radius 3 is 2.51 bits per heavy atom. The second-order valence-corrected chi connectivity index (χ2v) is 9.76. The standard InChI is InChI=1S/C29H30N8O2/c1-3-36(4-2)26-22-16-24(23-8-5-6-15-30-23)37(27(22)34-25(33-26)19-17-31-32-18-19)21-11-9-20(10-12-21)29(13-7-14-29)35-28(38)39/h5-6,8-12,15-18,35H,3-4,7,13-14H2,1-2H3,(H,31,32)(H,38,39). The molecule has 0 spiro atoms. The zero-order valence-electron chi connectivity index (χ0n) is 21.9. The van der Waals surface area contributed by atoms with Gasteiger partial charge in [-0.2, -0.15) is 5.10 Å². The minimum atomic E-state index is -1.000. The van der Waals surface area contributed by atoms with Crippen molar-refractivity contribution in [3.63, 3.8) is 0 Å². The molecule has 0 bridgehead atoms. The zero-order valence-corrected chi connectivity index (χ0v) is 21.9. The molecule has 0 atom stereocenters. The maximum absolute atomic E-state index is 11.5. The van der Waals surface area contributed by atoms with Crippen LogP contribution in [0.15, 0.2) is 67.1 Å². The van der Waals surface area contributed by atoms with Crippen molar-refractivity contribution in [1.29, 1.82) is 0 Å². The van der Waals surface area contributed by atoms with E-state index in [4.69, 9.17) is 9.97 Å². The number of carboxylic acid groups (broad SMARTS) is 1. The highest BCUT2D eigenvalue weighted by Crippen LogP contribution is 2.42. The number of fused-ring (bicyclic) bond motifs is 1. The highest BCUT2D eigenvalue weighted by molar-refractivity contribution is 5.95. The van der Waals surface area contributed by atoms with Crippen LogP contribution in [-0.2, 0) is 5.54 Å². The molecule has 0 saturated heterocycles. The fraction of sp³-hybridized carbons (Fsp3) is 0.276. The lowest BCUT2D eigenvalue weighted by Gasteiger charge is -2.42. The molecule has 1 amide bonds. The summed E-state index contributed by atoms with van der Waals surface area (Å²) in [6.45, 7) is 5.83. The molecule has 0 radical (unpaired) electrons. The third-order valence-electron chi connectivity index (χ3n) is 7.62. The van der Waals surface area contributed by atoms with Crippen LogP contribution in [0.2, 0.25) is 0 Å². The number of nitrogens with zero attached hydrogens (tertiary/aromatic N) is 6. The van der Waals surface area contributed by atoms with Crippen LogP contribution in [0.5, 0.6) is 0 Å². The number of hydrogen-bond acceptors (Lipinski definition) is 6. The molecule has 4 heterocycles. The normalized spacial score (nSPS) is 14.2. The zero-order chi connectivity index (χ0) is 27.0. The molecule has 1 aliphatic carbocycles. The highest BCUT2D eigenvalue weighted by Gasteiger charge is 2.40. The average Bonchev–Trinajstić information content (AvgIpc) is 3.61. The first kappa shape index (κ1) is 24.6. The molecular formula is C29H30N8O2. The summed E-state index contributed by atoms with van der Waals surface area (Å²) in [6, 6.07) is 16.1. The molecule has 0 unspecified atom stereocenters. The predicted molar refractivity (Wildman–Crippen MR) is 150 cm³/mol. The topological polar surface area (TPSA) is 125 Å². The van der Waals surface area contributed by atoms with E-state index in [2.05, 4.69) is 49.9 Å². The summed E-state index contributed by atoms with van der Waals surface area (Å²) in [7, 11) is 0. The number of nitrogens with one attached hydrogen (secondary N) is 2. The van der Waals surface area contributed by atoms with Gasteiger partial charge in [0.15, 0.2) is 11.5 Å². The summed E-state index contributed by atoms with van der Waals surface area (Å²) in [4.78, 5) is 28.4. The largest absolute Gasteiger partial charge is 0.465 e. The molecule has 1 aromatic carbocycles. The van der Waals surface area contributed by atoms with Gasteiger partial charge in [-0.25, -0.2) is 14.8 Å². The van der Waals surface area contributed by atoms with Gasteiger partial charge in [0.1, 0.15) is 5.82 Å². The molecule has 1 aliphatic rings. The van der Waals surface area contributed by atoms with Gasteiger partial charge in [0.2, 0.25) is 0 Å². The minimum Gasteiger partial charge on any atom is -0.465 e. The molecule has 10 nitrogen and oxygen atoms in total. The molecule has 5 aromatic rings. The number of pyridine rings is 1. The van der Waals surface area contributed by atoms with E-state index in [9.17, 15) is 9.90 Å². The Labute approximate surface area is 225 Å². The highest BCUT2D eigenvalue weighted by atomic mass is 16.4. The number of benzene rings is 1. The van der Waals surface area contributed by atoms with Crippen LogP contribution in [0.1, 0.15) is 38.7 Å². The Morgan fingerprint density at radius 1 is 1.13 bits per heavy atom. The van der Waals surface area contributed by atoms with Gasteiger partial charge in [0.25, 0.3) is 0 Å². The smallest absolute Gasteiger partial charge is 0.405 e. The Balaban J connectivity index is 1.58. The van der Waals surface area contributed by atoms with Crippen molar-refractivity contribution in [3.05, 3.63) is 72.7 Å². The third kappa shape index (κ3) is 4.27. The number of hydrogen-bond donors (Lipinski definition) is 3. The molecule has 1 fully saturated rings. The average molecular weight is 523 g/mol. The SMILES string of the molecule is CCN(CC)c1nc(-c2cn[nH]c2)nc2c1cc(-c1ccccn1)n2-c1ccc(C2(NC(=O)O)CCC2)cc1. The Bertz CT molecular complexity index is 1600. The monoisotopic (exact) mass is 522 g/mol. The van der Waals surface area contributed by atoms with E-state index >= 15 is 0 Å². The summed E-state index contributed by atoms with van der Waals surface area (Å²) in [5.41, 5.74) is 4.62. The molecule has 6 rings (SSSR count). The van der Waals surface area contributed by atoms with Gasteiger partial charge in [0.05, 0.1) is 34.1 Å².